The van der Waals surface area contributed by atoms with Crippen LogP contribution >= 0.6 is 11.6 Å². The first-order valence-corrected chi connectivity index (χ1v) is 7.05. The molecule has 1 amide bonds. The Bertz CT molecular complexity index is 520. The summed E-state index contributed by atoms with van der Waals surface area (Å²) in [6, 6.07) is 3.99. The van der Waals surface area contributed by atoms with Crippen molar-refractivity contribution in [2.45, 2.75) is 32.8 Å². The van der Waals surface area contributed by atoms with Gasteiger partial charge >= 0.3 is 0 Å². The summed E-state index contributed by atoms with van der Waals surface area (Å²) in [5, 5.41) is 23.1. The van der Waals surface area contributed by atoms with Gasteiger partial charge in [-0.15, -0.1) is 0 Å². The van der Waals surface area contributed by atoms with Crippen LogP contribution in [0, 0.1) is 16.0 Å². The fraction of sp³-hybridized carbons (Fsp3) is 0.500. The van der Waals surface area contributed by atoms with E-state index in [9.17, 15) is 20.0 Å². The molecule has 7 heteroatoms. The number of non-ortho nitro benzene ring substituents is 1. The quantitative estimate of drug-likeness (QED) is 0.596. The molecule has 0 heterocycles. The van der Waals surface area contributed by atoms with Crippen LogP contribution in [0.25, 0.3) is 0 Å². The second-order valence-corrected chi connectivity index (χ2v) is 5.70. The van der Waals surface area contributed by atoms with Gasteiger partial charge in [0.15, 0.2) is 0 Å². The topological polar surface area (TPSA) is 92.5 Å². The van der Waals surface area contributed by atoms with Crippen molar-refractivity contribution in [3.05, 3.63) is 38.9 Å². The molecule has 21 heavy (non-hydrogen) atoms. The zero-order chi connectivity index (χ0) is 16.0. The number of aliphatic hydroxyl groups is 1. The monoisotopic (exact) mass is 314 g/mol. The average Bonchev–Trinajstić information content (AvgIpc) is 2.37. The molecule has 0 aliphatic heterocycles. The molecule has 0 bridgehead atoms. The van der Waals surface area contributed by atoms with E-state index in [1.165, 1.54) is 18.2 Å². The summed E-state index contributed by atoms with van der Waals surface area (Å²) < 4.78 is 0. The number of nitro groups is 1. The maximum atomic E-state index is 11.8. The zero-order valence-corrected chi connectivity index (χ0v) is 12.8. The van der Waals surface area contributed by atoms with Crippen LogP contribution < -0.4 is 5.32 Å². The second-order valence-electron chi connectivity index (χ2n) is 5.30. The van der Waals surface area contributed by atoms with Gasteiger partial charge in [-0.3, -0.25) is 14.9 Å². The van der Waals surface area contributed by atoms with E-state index < -0.39 is 11.0 Å². The van der Waals surface area contributed by atoms with E-state index >= 15 is 0 Å². The van der Waals surface area contributed by atoms with Crippen molar-refractivity contribution in [3.63, 3.8) is 0 Å². The Hall–Kier alpha value is -1.66. The van der Waals surface area contributed by atoms with Crippen LogP contribution in [0.3, 0.4) is 0 Å². The Balaban J connectivity index is 2.53. The minimum Gasteiger partial charge on any atom is -0.391 e. The number of rotatable bonds is 7. The average molecular weight is 315 g/mol. The molecule has 0 aliphatic carbocycles. The molecule has 116 valence electrons. The molecule has 0 aromatic heterocycles. The molecule has 1 atom stereocenters. The molecule has 1 unspecified atom stereocenters. The molecule has 6 nitrogen and oxygen atoms in total. The highest BCUT2D eigenvalue weighted by Gasteiger charge is 2.13. The Morgan fingerprint density at radius 2 is 2.14 bits per heavy atom. The Morgan fingerprint density at radius 3 is 2.67 bits per heavy atom. The van der Waals surface area contributed by atoms with E-state index in [-0.39, 0.29) is 29.6 Å². The largest absolute Gasteiger partial charge is 0.391 e. The number of nitrogens with zero attached hydrogens (tertiary/aromatic N) is 1. The third-order valence-corrected chi connectivity index (χ3v) is 3.23. The van der Waals surface area contributed by atoms with Gasteiger partial charge in [-0.2, -0.15) is 0 Å². The van der Waals surface area contributed by atoms with Crippen LogP contribution in [0.2, 0.25) is 5.02 Å². The lowest BCUT2D eigenvalue weighted by atomic mass is 10.1. The van der Waals surface area contributed by atoms with Crippen molar-refractivity contribution in [1.82, 2.24) is 5.32 Å². The molecular formula is C14H19ClN2O4. The number of carbonyl (C=O) groups excluding carboxylic acids is 1. The van der Waals surface area contributed by atoms with Gasteiger partial charge in [-0.1, -0.05) is 31.5 Å². The zero-order valence-electron chi connectivity index (χ0n) is 12.0. The van der Waals surface area contributed by atoms with E-state index in [1.54, 1.807) is 0 Å². The highest BCUT2D eigenvalue weighted by molar-refractivity contribution is 6.31. The van der Waals surface area contributed by atoms with E-state index in [0.717, 1.165) is 0 Å². The van der Waals surface area contributed by atoms with Crippen molar-refractivity contribution < 1.29 is 14.8 Å². The van der Waals surface area contributed by atoms with Crippen LogP contribution in [-0.2, 0) is 11.2 Å². The summed E-state index contributed by atoms with van der Waals surface area (Å²) in [5.41, 5.74) is 0.398. The minimum atomic E-state index is -0.582. The van der Waals surface area contributed by atoms with Gasteiger partial charge in [0.2, 0.25) is 5.91 Å². The predicted octanol–water partition coefficient (Wildman–Crippen LogP) is 2.31. The van der Waals surface area contributed by atoms with Crippen LogP contribution in [0.5, 0.6) is 0 Å². The second kappa shape index (κ2) is 7.95. The third kappa shape index (κ3) is 6.10. The van der Waals surface area contributed by atoms with E-state index in [4.69, 9.17) is 11.6 Å². The maximum absolute atomic E-state index is 11.8. The first-order valence-electron chi connectivity index (χ1n) is 6.67. The van der Waals surface area contributed by atoms with Gasteiger partial charge in [0.25, 0.3) is 5.69 Å². The smallest absolute Gasteiger partial charge is 0.270 e. The Kier molecular flexibility index (Phi) is 6.58. The molecule has 0 aliphatic rings. The Morgan fingerprint density at radius 1 is 1.48 bits per heavy atom. The van der Waals surface area contributed by atoms with Crippen molar-refractivity contribution in [2.24, 2.45) is 5.92 Å². The van der Waals surface area contributed by atoms with Gasteiger partial charge < -0.3 is 10.4 Å². The number of carbonyl (C=O) groups is 1. The summed E-state index contributed by atoms with van der Waals surface area (Å²) in [6.07, 6.45) is 0.0466. The number of hydrogen-bond donors (Lipinski definition) is 2. The molecule has 2 N–H and O–H groups in total. The molecule has 0 fully saturated rings. The number of aliphatic hydroxyl groups excluding tert-OH is 1. The van der Waals surface area contributed by atoms with E-state index in [2.05, 4.69) is 5.32 Å². The summed E-state index contributed by atoms with van der Waals surface area (Å²) in [6.45, 7) is 4.16. The summed E-state index contributed by atoms with van der Waals surface area (Å²) in [4.78, 5) is 21.8. The summed E-state index contributed by atoms with van der Waals surface area (Å²) >= 11 is 5.92. The van der Waals surface area contributed by atoms with Crippen molar-refractivity contribution in [1.29, 1.82) is 0 Å². The van der Waals surface area contributed by atoms with Gasteiger partial charge in [0, 0.05) is 18.7 Å². The number of hydrogen-bond acceptors (Lipinski definition) is 4. The lowest BCUT2D eigenvalue weighted by molar-refractivity contribution is -0.384. The molecule has 0 saturated carbocycles. The maximum Gasteiger partial charge on any atom is 0.270 e. The Labute approximate surface area is 128 Å². The minimum absolute atomic E-state index is 0.0191. The first kappa shape index (κ1) is 17.4. The highest BCUT2D eigenvalue weighted by atomic mass is 35.5. The molecular weight excluding hydrogens is 296 g/mol. The van der Waals surface area contributed by atoms with Crippen LogP contribution in [0.4, 0.5) is 5.69 Å². The van der Waals surface area contributed by atoms with Crippen LogP contribution in [-0.4, -0.2) is 28.6 Å². The predicted molar refractivity (Wildman–Crippen MR) is 80.3 cm³/mol. The van der Waals surface area contributed by atoms with Gasteiger partial charge in [-0.05, 0) is 17.9 Å². The number of nitrogens with one attached hydrogen (secondary N) is 1. The lowest BCUT2D eigenvalue weighted by Gasteiger charge is -2.14. The van der Waals surface area contributed by atoms with Crippen molar-refractivity contribution in [2.75, 3.05) is 6.54 Å². The van der Waals surface area contributed by atoms with Crippen LogP contribution in [0.15, 0.2) is 18.2 Å². The highest BCUT2D eigenvalue weighted by Crippen LogP contribution is 2.22. The van der Waals surface area contributed by atoms with Crippen LogP contribution in [0.1, 0.15) is 25.8 Å². The van der Waals surface area contributed by atoms with E-state index in [1.807, 2.05) is 13.8 Å². The lowest BCUT2D eigenvalue weighted by Crippen LogP contribution is -2.33. The third-order valence-electron chi connectivity index (χ3n) is 2.88. The SMILES string of the molecule is CC(C)CC(O)CNC(=O)Cc1ccc([N+](=O)[O-])cc1Cl. The number of nitro benzene ring substituents is 1. The number of benzene rings is 1. The van der Waals surface area contributed by atoms with Crippen molar-refractivity contribution >= 4 is 23.2 Å². The van der Waals surface area contributed by atoms with Gasteiger partial charge in [0.05, 0.1) is 22.5 Å². The molecule has 1 aromatic rings. The van der Waals surface area contributed by atoms with E-state index in [0.29, 0.717) is 17.9 Å². The molecule has 1 aromatic carbocycles. The molecule has 0 spiro atoms. The summed E-state index contributed by atoms with van der Waals surface area (Å²) in [5.74, 6) is 0.0644. The van der Waals surface area contributed by atoms with Gasteiger partial charge in [-0.25, -0.2) is 0 Å². The number of halogens is 1. The molecule has 1 rings (SSSR count). The fourth-order valence-electron chi connectivity index (χ4n) is 1.89. The number of amides is 1. The fourth-order valence-corrected chi connectivity index (χ4v) is 2.13. The standard InChI is InChI=1S/C14H19ClN2O4/c1-9(2)5-12(18)8-16-14(19)6-10-3-4-11(17(20)21)7-13(10)15/h3-4,7,9,12,18H,5-6,8H2,1-2H3,(H,16,19). The first-order chi connectivity index (χ1) is 9.79. The van der Waals surface area contributed by atoms with Crippen molar-refractivity contribution in [3.8, 4) is 0 Å². The normalized spacial score (nSPS) is 12.2. The molecule has 0 saturated heterocycles. The summed E-state index contributed by atoms with van der Waals surface area (Å²) in [7, 11) is 0. The molecule has 0 radical (unpaired) electrons. The van der Waals surface area contributed by atoms with Gasteiger partial charge in [0.1, 0.15) is 0 Å².